The van der Waals surface area contributed by atoms with E-state index >= 15 is 0 Å². The second-order valence-corrected chi connectivity index (χ2v) is 10.3. The van der Waals surface area contributed by atoms with Crippen LogP contribution in [0.25, 0.3) is 0 Å². The summed E-state index contributed by atoms with van der Waals surface area (Å²) in [5.41, 5.74) is -0.307. The van der Waals surface area contributed by atoms with Crippen molar-refractivity contribution < 1.29 is 23.9 Å². The molecule has 1 aromatic heterocycles. The second kappa shape index (κ2) is 11.5. The van der Waals surface area contributed by atoms with Crippen LogP contribution in [0.2, 0.25) is 0 Å². The van der Waals surface area contributed by atoms with E-state index in [1.165, 1.54) is 21.0 Å². The number of carbonyl (C=O) groups is 3. The van der Waals surface area contributed by atoms with Crippen LogP contribution >= 0.6 is 0 Å². The third-order valence-corrected chi connectivity index (χ3v) is 5.69. The van der Waals surface area contributed by atoms with E-state index in [1.54, 1.807) is 31.4 Å². The Morgan fingerprint density at radius 2 is 1.68 bits per heavy atom. The van der Waals surface area contributed by atoms with E-state index < -0.39 is 34.7 Å². The van der Waals surface area contributed by atoms with E-state index in [4.69, 9.17) is 9.47 Å². The number of alkyl carbamates (subject to hydrolysis) is 1. The summed E-state index contributed by atoms with van der Waals surface area (Å²) >= 11 is 0. The number of carbonyl (C=O) groups excluding carboxylic acids is 3. The fourth-order valence-corrected chi connectivity index (χ4v) is 4.03. The summed E-state index contributed by atoms with van der Waals surface area (Å²) in [5, 5.41) is 5.34. The minimum Gasteiger partial charge on any atom is -0.467 e. The lowest BCUT2D eigenvalue weighted by Gasteiger charge is -2.25. The first-order valence-electron chi connectivity index (χ1n) is 12.0. The van der Waals surface area contributed by atoms with Crippen molar-refractivity contribution in [2.24, 2.45) is 0 Å². The van der Waals surface area contributed by atoms with E-state index in [-0.39, 0.29) is 5.56 Å². The quantitative estimate of drug-likeness (QED) is 0.461. The summed E-state index contributed by atoms with van der Waals surface area (Å²) in [6, 6.07) is 1.68. The average Bonchev–Trinajstić information content (AvgIpc) is 2.70. The number of nitrogens with zero attached hydrogens (tertiary/aromatic N) is 1. The van der Waals surface area contributed by atoms with Gasteiger partial charge in [0.2, 0.25) is 0 Å². The smallest absolute Gasteiger partial charge is 0.407 e. The Morgan fingerprint density at radius 1 is 1.03 bits per heavy atom. The number of nitrogens with one attached hydrogen (secondary N) is 2. The van der Waals surface area contributed by atoms with Gasteiger partial charge in [0.15, 0.2) is 0 Å². The Kier molecular flexibility index (Phi) is 9.29. The number of pyridine rings is 1. The van der Waals surface area contributed by atoms with Gasteiger partial charge >= 0.3 is 12.1 Å². The Hall–Kier alpha value is -2.84. The zero-order valence-corrected chi connectivity index (χ0v) is 21.3. The molecule has 1 aliphatic rings. The van der Waals surface area contributed by atoms with Crippen LogP contribution in [0.5, 0.6) is 0 Å². The number of ether oxygens (including phenoxy) is 2. The highest BCUT2D eigenvalue weighted by molar-refractivity contribution is 5.97. The fourth-order valence-electron chi connectivity index (χ4n) is 4.03. The molecule has 2 rings (SSSR count). The number of fused-ring (bicyclic) bond motifs is 1. The highest BCUT2D eigenvalue weighted by Gasteiger charge is 2.32. The lowest BCUT2D eigenvalue weighted by Crippen LogP contribution is -2.51. The summed E-state index contributed by atoms with van der Waals surface area (Å²) in [6.07, 6.45) is 5.71. The zero-order chi connectivity index (χ0) is 25.5. The van der Waals surface area contributed by atoms with Crippen LogP contribution < -0.4 is 16.2 Å². The van der Waals surface area contributed by atoms with Crippen LogP contribution in [0.3, 0.4) is 0 Å². The minimum atomic E-state index is -1.27. The first-order valence-corrected chi connectivity index (χ1v) is 12.0. The number of hydrogen-bond acceptors (Lipinski definition) is 6. The van der Waals surface area contributed by atoms with Gasteiger partial charge in [0, 0.05) is 18.8 Å². The Bertz CT molecular complexity index is 959. The van der Waals surface area contributed by atoms with Crippen molar-refractivity contribution in [3.8, 4) is 0 Å². The maximum absolute atomic E-state index is 13.4. The van der Waals surface area contributed by atoms with Gasteiger partial charge in [0.25, 0.3) is 11.5 Å². The molecule has 1 aliphatic carbocycles. The third kappa shape index (κ3) is 7.60. The molecule has 0 bridgehead atoms. The Labute approximate surface area is 201 Å². The van der Waals surface area contributed by atoms with Crippen molar-refractivity contribution in [3.63, 3.8) is 0 Å². The predicted molar refractivity (Wildman–Crippen MR) is 129 cm³/mol. The number of esters is 1. The monoisotopic (exact) mass is 477 g/mol. The number of rotatable bonds is 7. The van der Waals surface area contributed by atoms with Gasteiger partial charge in [-0.05, 0) is 78.4 Å². The molecule has 0 spiro atoms. The first kappa shape index (κ1) is 27.4. The van der Waals surface area contributed by atoms with E-state index in [0.717, 1.165) is 49.8 Å². The molecule has 1 aromatic rings. The van der Waals surface area contributed by atoms with E-state index in [2.05, 4.69) is 10.6 Å². The summed E-state index contributed by atoms with van der Waals surface area (Å²) in [6.45, 7) is 9.14. The Balaban J connectivity index is 2.28. The van der Waals surface area contributed by atoms with Gasteiger partial charge in [-0.25, -0.2) is 9.59 Å². The minimum absolute atomic E-state index is 0.0106. The molecule has 0 unspecified atom stereocenters. The molecule has 0 radical (unpaired) electrons. The maximum Gasteiger partial charge on any atom is 0.407 e. The van der Waals surface area contributed by atoms with E-state index in [0.29, 0.717) is 19.5 Å². The van der Waals surface area contributed by atoms with Crippen molar-refractivity contribution in [1.82, 2.24) is 15.2 Å². The number of hydrogen-bond donors (Lipinski definition) is 2. The summed E-state index contributed by atoms with van der Waals surface area (Å²) in [7, 11) is 1.25. The van der Waals surface area contributed by atoms with Gasteiger partial charge < -0.3 is 24.7 Å². The van der Waals surface area contributed by atoms with Crippen LogP contribution in [0, 0.1) is 0 Å². The molecular weight excluding hydrogens is 438 g/mol. The molecule has 0 saturated carbocycles. The van der Waals surface area contributed by atoms with Crippen molar-refractivity contribution in [3.05, 3.63) is 33.2 Å². The first-order chi connectivity index (χ1) is 15.9. The lowest BCUT2D eigenvalue weighted by atomic mass is 9.95. The van der Waals surface area contributed by atoms with Crippen molar-refractivity contribution in [2.45, 2.75) is 97.2 Å². The van der Waals surface area contributed by atoms with Crippen LogP contribution in [0.4, 0.5) is 4.79 Å². The molecule has 0 saturated heterocycles. The lowest BCUT2D eigenvalue weighted by molar-refractivity contribution is -0.146. The fraction of sp³-hybridized carbons (Fsp3) is 0.680. The zero-order valence-electron chi connectivity index (χ0n) is 21.3. The van der Waals surface area contributed by atoms with Crippen molar-refractivity contribution in [1.29, 1.82) is 0 Å². The molecule has 9 nitrogen and oxygen atoms in total. The standard InChI is InChI=1S/C25H39N3O6/c1-24(2,3)34-23(32)26-14-11-15-28-19-13-10-8-7-9-12-17(19)16-18(21(28)30)20(29)27-25(4,5)22(31)33-6/h16H,7-15H2,1-6H3,(H,26,32)(H,27,29). The highest BCUT2D eigenvalue weighted by Crippen LogP contribution is 2.21. The maximum atomic E-state index is 13.4. The molecule has 2 N–H and O–H groups in total. The number of aromatic nitrogens is 1. The SMILES string of the molecule is COC(=O)C(C)(C)NC(=O)c1cc2c(n(CCCNC(=O)OC(C)(C)C)c1=O)CCCCCC2. The summed E-state index contributed by atoms with van der Waals surface area (Å²) in [5.74, 6) is -1.20. The van der Waals surface area contributed by atoms with Gasteiger partial charge in [0.1, 0.15) is 16.7 Å². The molecule has 34 heavy (non-hydrogen) atoms. The van der Waals surface area contributed by atoms with Gasteiger partial charge in [-0.2, -0.15) is 0 Å². The third-order valence-electron chi connectivity index (χ3n) is 5.69. The van der Waals surface area contributed by atoms with E-state index in [9.17, 15) is 19.2 Å². The second-order valence-electron chi connectivity index (χ2n) is 10.3. The van der Waals surface area contributed by atoms with Gasteiger partial charge in [-0.3, -0.25) is 9.59 Å². The largest absolute Gasteiger partial charge is 0.467 e. The number of amides is 2. The molecule has 2 amide bonds. The molecule has 0 aromatic carbocycles. The predicted octanol–water partition coefficient (Wildman–Crippen LogP) is 3.10. The van der Waals surface area contributed by atoms with Gasteiger partial charge in [-0.15, -0.1) is 0 Å². The molecule has 1 heterocycles. The molecule has 190 valence electrons. The normalized spacial score (nSPS) is 14.3. The topological polar surface area (TPSA) is 116 Å². The number of methoxy groups -OCH3 is 1. The molecule has 0 fully saturated rings. The molecule has 9 heteroatoms. The van der Waals surface area contributed by atoms with Gasteiger partial charge in [-0.1, -0.05) is 12.8 Å². The highest BCUT2D eigenvalue weighted by atomic mass is 16.6. The van der Waals surface area contributed by atoms with E-state index in [1.807, 2.05) is 0 Å². The summed E-state index contributed by atoms with van der Waals surface area (Å²) in [4.78, 5) is 50.4. The van der Waals surface area contributed by atoms with Crippen LogP contribution in [-0.2, 0) is 33.7 Å². The van der Waals surface area contributed by atoms with Crippen molar-refractivity contribution in [2.75, 3.05) is 13.7 Å². The molecular formula is C25H39N3O6. The Morgan fingerprint density at radius 3 is 2.29 bits per heavy atom. The van der Waals surface area contributed by atoms with Crippen LogP contribution in [0.15, 0.2) is 10.9 Å². The average molecular weight is 478 g/mol. The van der Waals surface area contributed by atoms with Gasteiger partial charge in [0.05, 0.1) is 7.11 Å². The summed E-state index contributed by atoms with van der Waals surface area (Å²) < 4.78 is 11.7. The molecule has 0 atom stereocenters. The number of aryl methyl sites for hydroxylation is 1. The van der Waals surface area contributed by atoms with Crippen LogP contribution in [0.1, 0.15) is 88.3 Å². The van der Waals surface area contributed by atoms with Crippen molar-refractivity contribution >= 4 is 18.0 Å². The molecule has 0 aliphatic heterocycles. The van der Waals surface area contributed by atoms with Crippen LogP contribution in [-0.4, -0.2) is 47.3 Å².